The summed E-state index contributed by atoms with van der Waals surface area (Å²) in [6, 6.07) is 11.3. The predicted octanol–water partition coefficient (Wildman–Crippen LogP) is 4.03. The van der Waals surface area contributed by atoms with Crippen LogP contribution in [0.5, 0.6) is 0 Å². The van der Waals surface area contributed by atoms with Crippen molar-refractivity contribution in [2.75, 3.05) is 19.0 Å². The fraction of sp³-hybridized carbons (Fsp3) is 0.250. The van der Waals surface area contributed by atoms with E-state index in [-0.39, 0.29) is 17.4 Å². The number of aromatic nitrogens is 2. The number of ketones is 1. The largest absolute Gasteiger partial charge is 0.378 e. The summed E-state index contributed by atoms with van der Waals surface area (Å²) in [7, 11) is 3.91. The Bertz CT molecular complexity index is 909. The van der Waals surface area contributed by atoms with Gasteiger partial charge in [-0.25, -0.2) is 4.98 Å². The first-order valence-electron chi connectivity index (χ1n) is 8.29. The fourth-order valence-corrected chi connectivity index (χ4v) is 2.98. The lowest BCUT2D eigenvalue weighted by Gasteiger charge is -2.13. The quantitative estimate of drug-likeness (QED) is 0.528. The third-order valence-electron chi connectivity index (χ3n) is 4.44. The lowest BCUT2D eigenvalue weighted by atomic mass is 9.92. The molecule has 0 aliphatic rings. The summed E-state index contributed by atoms with van der Waals surface area (Å²) >= 11 is 0. The molecule has 1 aromatic carbocycles. The van der Waals surface area contributed by atoms with Crippen LogP contribution in [0, 0.1) is 5.41 Å². The van der Waals surface area contributed by atoms with Crippen LogP contribution in [0.15, 0.2) is 48.8 Å². The SMILES string of the molecule is CC(CC(=N)C(=O)c1ccc(N(C)C)cc1)c1c[nH]c2ncccc12. The van der Waals surface area contributed by atoms with E-state index >= 15 is 0 Å². The number of nitrogens with one attached hydrogen (secondary N) is 2. The molecule has 1 unspecified atom stereocenters. The Labute approximate surface area is 147 Å². The monoisotopic (exact) mass is 334 g/mol. The molecule has 5 nitrogen and oxygen atoms in total. The van der Waals surface area contributed by atoms with E-state index in [4.69, 9.17) is 5.41 Å². The molecular weight excluding hydrogens is 312 g/mol. The summed E-state index contributed by atoms with van der Waals surface area (Å²) < 4.78 is 0. The minimum atomic E-state index is -0.213. The van der Waals surface area contributed by atoms with Gasteiger partial charge < -0.3 is 15.3 Å². The van der Waals surface area contributed by atoms with Crippen LogP contribution in [0.25, 0.3) is 11.0 Å². The predicted molar refractivity (Wildman–Crippen MR) is 102 cm³/mol. The van der Waals surface area contributed by atoms with Gasteiger partial charge in [-0.2, -0.15) is 0 Å². The normalized spacial score (nSPS) is 12.1. The highest BCUT2D eigenvalue weighted by Gasteiger charge is 2.19. The van der Waals surface area contributed by atoms with Crippen molar-refractivity contribution in [2.24, 2.45) is 0 Å². The van der Waals surface area contributed by atoms with Crippen molar-refractivity contribution in [1.29, 1.82) is 5.41 Å². The molecule has 0 saturated heterocycles. The highest BCUT2D eigenvalue weighted by atomic mass is 16.1. The van der Waals surface area contributed by atoms with Crippen molar-refractivity contribution in [1.82, 2.24) is 9.97 Å². The average molecular weight is 334 g/mol. The number of hydrogen-bond acceptors (Lipinski definition) is 4. The second kappa shape index (κ2) is 6.89. The molecule has 0 bridgehead atoms. The molecular formula is C20H22N4O. The van der Waals surface area contributed by atoms with Crippen LogP contribution in [-0.2, 0) is 0 Å². The second-order valence-electron chi connectivity index (χ2n) is 6.50. The van der Waals surface area contributed by atoms with Crippen LogP contribution in [-0.4, -0.2) is 35.6 Å². The second-order valence-corrected chi connectivity index (χ2v) is 6.50. The smallest absolute Gasteiger partial charge is 0.206 e. The number of benzene rings is 1. The van der Waals surface area contributed by atoms with Crippen molar-refractivity contribution in [3.63, 3.8) is 0 Å². The minimum absolute atomic E-state index is 0.0652. The van der Waals surface area contributed by atoms with Crippen LogP contribution in [0.1, 0.15) is 35.2 Å². The van der Waals surface area contributed by atoms with Crippen LogP contribution >= 0.6 is 0 Å². The number of anilines is 1. The van der Waals surface area contributed by atoms with Crippen molar-refractivity contribution in [3.8, 4) is 0 Å². The van der Waals surface area contributed by atoms with Gasteiger partial charge in [0.15, 0.2) is 0 Å². The minimum Gasteiger partial charge on any atom is -0.378 e. The summed E-state index contributed by atoms with van der Waals surface area (Å²) in [4.78, 5) is 22.0. The van der Waals surface area contributed by atoms with E-state index in [0.717, 1.165) is 22.3 Å². The Morgan fingerprint density at radius 2 is 1.96 bits per heavy atom. The number of carbonyl (C=O) groups excluding carboxylic acids is 1. The molecule has 2 heterocycles. The molecule has 0 aliphatic heterocycles. The zero-order chi connectivity index (χ0) is 18.0. The molecule has 0 spiro atoms. The molecule has 0 saturated carbocycles. The van der Waals surface area contributed by atoms with Gasteiger partial charge in [-0.05, 0) is 54.3 Å². The number of nitrogens with zero attached hydrogens (tertiary/aromatic N) is 2. The van der Waals surface area contributed by atoms with Gasteiger partial charge in [-0.1, -0.05) is 6.92 Å². The molecule has 0 radical (unpaired) electrons. The number of Topliss-reactive ketones (excluding diaryl/α,β-unsaturated/α-hetero) is 1. The van der Waals surface area contributed by atoms with E-state index in [2.05, 4.69) is 9.97 Å². The Balaban J connectivity index is 1.73. The first kappa shape index (κ1) is 16.9. The summed E-state index contributed by atoms with van der Waals surface area (Å²) in [6.07, 6.45) is 4.07. The highest BCUT2D eigenvalue weighted by molar-refractivity contribution is 6.45. The maximum atomic E-state index is 12.5. The molecule has 0 aliphatic carbocycles. The van der Waals surface area contributed by atoms with E-state index in [1.807, 2.05) is 56.4 Å². The average Bonchev–Trinajstić information content (AvgIpc) is 3.05. The molecule has 5 heteroatoms. The van der Waals surface area contributed by atoms with E-state index in [9.17, 15) is 4.79 Å². The summed E-state index contributed by atoms with van der Waals surface area (Å²) in [5.74, 6) is -0.148. The van der Waals surface area contributed by atoms with Crippen LogP contribution in [0.3, 0.4) is 0 Å². The van der Waals surface area contributed by atoms with Crippen LogP contribution in [0.4, 0.5) is 5.69 Å². The van der Waals surface area contributed by atoms with Gasteiger partial charge in [0.25, 0.3) is 0 Å². The lowest BCUT2D eigenvalue weighted by Crippen LogP contribution is -2.16. The summed E-state index contributed by atoms with van der Waals surface area (Å²) in [6.45, 7) is 2.03. The van der Waals surface area contributed by atoms with Crippen molar-refractivity contribution in [3.05, 3.63) is 59.9 Å². The third kappa shape index (κ3) is 3.45. The molecule has 3 aromatic rings. The maximum absolute atomic E-state index is 12.5. The topological polar surface area (TPSA) is 72.8 Å². The molecule has 2 N–H and O–H groups in total. The van der Waals surface area contributed by atoms with Gasteiger partial charge >= 0.3 is 0 Å². The number of aromatic amines is 1. The number of hydrogen-bond donors (Lipinski definition) is 2. The van der Waals surface area contributed by atoms with E-state index < -0.39 is 0 Å². The van der Waals surface area contributed by atoms with E-state index in [1.165, 1.54) is 0 Å². The molecule has 2 aromatic heterocycles. The van der Waals surface area contributed by atoms with Gasteiger partial charge in [-0.3, -0.25) is 4.79 Å². The summed E-state index contributed by atoms with van der Waals surface area (Å²) in [5.41, 5.74) is 3.64. The third-order valence-corrected chi connectivity index (χ3v) is 4.44. The number of fused-ring (bicyclic) bond motifs is 1. The van der Waals surface area contributed by atoms with Gasteiger partial charge in [0.05, 0.1) is 5.71 Å². The van der Waals surface area contributed by atoms with E-state index in [1.54, 1.807) is 18.3 Å². The van der Waals surface area contributed by atoms with Crippen LogP contribution in [0.2, 0.25) is 0 Å². The number of rotatable bonds is 6. The molecule has 25 heavy (non-hydrogen) atoms. The Morgan fingerprint density at radius 3 is 2.64 bits per heavy atom. The maximum Gasteiger partial charge on any atom is 0.206 e. The first-order chi connectivity index (χ1) is 12.0. The van der Waals surface area contributed by atoms with Gasteiger partial charge in [0.2, 0.25) is 5.78 Å². The van der Waals surface area contributed by atoms with Crippen molar-refractivity contribution in [2.45, 2.75) is 19.3 Å². The Hall–Kier alpha value is -2.95. The lowest BCUT2D eigenvalue weighted by molar-refractivity contribution is 0.106. The molecule has 128 valence electrons. The summed E-state index contributed by atoms with van der Waals surface area (Å²) in [5, 5.41) is 9.27. The van der Waals surface area contributed by atoms with E-state index in [0.29, 0.717) is 12.0 Å². The number of pyridine rings is 1. The first-order valence-corrected chi connectivity index (χ1v) is 8.29. The molecule has 0 fully saturated rings. The number of H-pyrrole nitrogens is 1. The van der Waals surface area contributed by atoms with Gasteiger partial charge in [-0.15, -0.1) is 0 Å². The highest BCUT2D eigenvalue weighted by Crippen LogP contribution is 2.27. The Kier molecular flexibility index (Phi) is 4.65. The zero-order valence-electron chi connectivity index (χ0n) is 14.7. The standard InChI is InChI=1S/C20H22N4O/c1-13(17-12-23-20-16(17)5-4-10-22-20)11-18(21)19(25)14-6-8-15(9-7-14)24(2)3/h4-10,12-13,21H,11H2,1-3H3,(H,22,23). The Morgan fingerprint density at radius 1 is 1.24 bits per heavy atom. The fourth-order valence-electron chi connectivity index (χ4n) is 2.98. The molecule has 3 rings (SSSR count). The van der Waals surface area contributed by atoms with Crippen LogP contribution < -0.4 is 4.90 Å². The number of carbonyl (C=O) groups is 1. The van der Waals surface area contributed by atoms with Crippen molar-refractivity contribution < 1.29 is 4.79 Å². The zero-order valence-corrected chi connectivity index (χ0v) is 14.7. The van der Waals surface area contributed by atoms with Gasteiger partial charge in [0, 0.05) is 43.1 Å². The van der Waals surface area contributed by atoms with Crippen molar-refractivity contribution >= 4 is 28.2 Å². The molecule has 0 amide bonds. The van der Waals surface area contributed by atoms with Gasteiger partial charge in [0.1, 0.15) is 5.65 Å². The molecule has 1 atom stereocenters.